The zero-order chi connectivity index (χ0) is 13.1. The zero-order valence-electron chi connectivity index (χ0n) is 10.7. The standard InChI is InChI=1S/C14H19ClN2O/c1-2-11-5-3-4-8-17(11)14(18)12-7-6-10(16)9-13(12)15/h6-7,9,11H,2-5,8,16H2,1H3/t11-/m1/s1. The van der Waals surface area contributed by atoms with Crippen molar-refractivity contribution in [2.45, 2.75) is 38.6 Å². The number of carbonyl (C=O) groups is 1. The molecule has 1 aliphatic heterocycles. The Balaban J connectivity index is 2.24. The molecule has 0 aliphatic carbocycles. The maximum atomic E-state index is 12.5. The van der Waals surface area contributed by atoms with Gasteiger partial charge in [-0.25, -0.2) is 0 Å². The highest BCUT2D eigenvalue weighted by atomic mass is 35.5. The van der Waals surface area contributed by atoms with Crippen LogP contribution in [0.4, 0.5) is 5.69 Å². The van der Waals surface area contributed by atoms with Crippen molar-refractivity contribution >= 4 is 23.2 Å². The van der Waals surface area contributed by atoms with Crippen LogP contribution in [0.3, 0.4) is 0 Å². The number of nitrogens with two attached hydrogens (primary N) is 1. The second-order valence-corrected chi connectivity index (χ2v) is 5.20. The van der Waals surface area contributed by atoms with Crippen molar-refractivity contribution in [3.63, 3.8) is 0 Å². The minimum atomic E-state index is 0.0338. The summed E-state index contributed by atoms with van der Waals surface area (Å²) < 4.78 is 0. The van der Waals surface area contributed by atoms with Crippen LogP contribution in [-0.2, 0) is 0 Å². The molecule has 0 bridgehead atoms. The highest BCUT2D eigenvalue weighted by molar-refractivity contribution is 6.34. The van der Waals surface area contributed by atoms with E-state index in [0.29, 0.717) is 22.3 Å². The summed E-state index contributed by atoms with van der Waals surface area (Å²) in [4.78, 5) is 14.5. The first kappa shape index (κ1) is 13.2. The maximum Gasteiger partial charge on any atom is 0.255 e. The van der Waals surface area contributed by atoms with Gasteiger partial charge in [-0.3, -0.25) is 4.79 Å². The van der Waals surface area contributed by atoms with Crippen LogP contribution < -0.4 is 5.73 Å². The van der Waals surface area contributed by atoms with Crippen LogP contribution in [0.1, 0.15) is 43.0 Å². The van der Waals surface area contributed by atoms with Crippen molar-refractivity contribution in [3.05, 3.63) is 28.8 Å². The predicted octanol–water partition coefficient (Wildman–Crippen LogP) is 3.33. The molecule has 0 unspecified atom stereocenters. The molecular weight excluding hydrogens is 248 g/mol. The van der Waals surface area contributed by atoms with Gasteiger partial charge < -0.3 is 10.6 Å². The van der Waals surface area contributed by atoms with E-state index in [0.717, 1.165) is 25.8 Å². The summed E-state index contributed by atoms with van der Waals surface area (Å²) in [7, 11) is 0. The van der Waals surface area contributed by atoms with Crippen molar-refractivity contribution in [2.75, 3.05) is 12.3 Å². The van der Waals surface area contributed by atoms with E-state index in [1.807, 2.05) is 4.90 Å². The van der Waals surface area contributed by atoms with Crippen molar-refractivity contribution in [1.82, 2.24) is 4.90 Å². The molecule has 3 nitrogen and oxygen atoms in total. The van der Waals surface area contributed by atoms with Crippen molar-refractivity contribution < 1.29 is 4.79 Å². The topological polar surface area (TPSA) is 46.3 Å². The van der Waals surface area contributed by atoms with Gasteiger partial charge >= 0.3 is 0 Å². The van der Waals surface area contributed by atoms with Gasteiger partial charge in [0.1, 0.15) is 0 Å². The average molecular weight is 267 g/mol. The molecule has 1 saturated heterocycles. The number of piperidine rings is 1. The second kappa shape index (κ2) is 5.61. The minimum Gasteiger partial charge on any atom is -0.399 e. The molecule has 1 aliphatic rings. The van der Waals surface area contributed by atoms with E-state index in [1.54, 1.807) is 18.2 Å². The van der Waals surface area contributed by atoms with Gasteiger partial charge in [0.15, 0.2) is 0 Å². The Morgan fingerprint density at radius 2 is 2.28 bits per heavy atom. The molecule has 0 spiro atoms. The average Bonchev–Trinajstić information content (AvgIpc) is 2.38. The van der Waals surface area contributed by atoms with Crippen molar-refractivity contribution in [3.8, 4) is 0 Å². The van der Waals surface area contributed by atoms with Crippen LogP contribution in [0.15, 0.2) is 18.2 Å². The fourth-order valence-electron chi connectivity index (χ4n) is 2.55. The van der Waals surface area contributed by atoms with Crippen LogP contribution in [0.5, 0.6) is 0 Å². The predicted molar refractivity (Wildman–Crippen MR) is 74.8 cm³/mol. The number of rotatable bonds is 2. The Bertz CT molecular complexity index is 447. The number of amides is 1. The molecule has 4 heteroatoms. The summed E-state index contributed by atoms with van der Waals surface area (Å²) in [6.45, 7) is 2.96. The molecule has 0 radical (unpaired) electrons. The SMILES string of the molecule is CC[C@@H]1CCCCN1C(=O)c1ccc(N)cc1Cl. The normalized spacial score (nSPS) is 19.9. The summed E-state index contributed by atoms with van der Waals surface area (Å²) in [6, 6.07) is 5.44. The Kier molecular flexibility index (Phi) is 4.12. The third-order valence-corrected chi connectivity index (χ3v) is 3.90. The molecule has 1 heterocycles. The van der Waals surface area contributed by atoms with E-state index in [9.17, 15) is 4.79 Å². The lowest BCUT2D eigenvalue weighted by Gasteiger charge is -2.35. The Hall–Kier alpha value is -1.22. The van der Waals surface area contributed by atoms with E-state index >= 15 is 0 Å². The smallest absolute Gasteiger partial charge is 0.255 e. The molecule has 2 rings (SSSR count). The van der Waals surface area contributed by atoms with E-state index in [2.05, 4.69) is 6.92 Å². The first-order valence-corrected chi connectivity index (χ1v) is 6.87. The van der Waals surface area contributed by atoms with Gasteiger partial charge in [-0.15, -0.1) is 0 Å². The summed E-state index contributed by atoms with van der Waals surface area (Å²) in [5.74, 6) is 0.0338. The van der Waals surface area contributed by atoms with Crippen LogP contribution in [0.2, 0.25) is 5.02 Å². The lowest BCUT2D eigenvalue weighted by Crippen LogP contribution is -2.43. The van der Waals surface area contributed by atoms with Gasteiger partial charge in [-0.1, -0.05) is 18.5 Å². The molecule has 0 aromatic heterocycles. The molecular formula is C14H19ClN2O. The maximum absolute atomic E-state index is 12.5. The number of hydrogen-bond acceptors (Lipinski definition) is 2. The molecule has 0 saturated carbocycles. The number of nitrogens with zero attached hydrogens (tertiary/aromatic N) is 1. The molecule has 98 valence electrons. The molecule has 1 aromatic rings. The fraction of sp³-hybridized carbons (Fsp3) is 0.500. The van der Waals surface area contributed by atoms with Crippen LogP contribution in [0, 0.1) is 0 Å². The van der Waals surface area contributed by atoms with Crippen LogP contribution >= 0.6 is 11.6 Å². The third kappa shape index (κ3) is 2.61. The summed E-state index contributed by atoms with van der Waals surface area (Å²) in [5, 5.41) is 0.445. The minimum absolute atomic E-state index is 0.0338. The molecule has 1 atom stereocenters. The number of nitrogen functional groups attached to an aromatic ring is 1. The van der Waals surface area contributed by atoms with E-state index in [4.69, 9.17) is 17.3 Å². The molecule has 1 fully saturated rings. The molecule has 18 heavy (non-hydrogen) atoms. The van der Waals surface area contributed by atoms with Gasteiger partial charge in [0.2, 0.25) is 0 Å². The van der Waals surface area contributed by atoms with Crippen molar-refractivity contribution in [2.24, 2.45) is 0 Å². The summed E-state index contributed by atoms with van der Waals surface area (Å²) in [5.41, 5.74) is 6.80. The number of anilines is 1. The Labute approximate surface area is 113 Å². The van der Waals surface area contributed by atoms with Gasteiger partial charge in [0, 0.05) is 18.3 Å². The summed E-state index contributed by atoms with van der Waals surface area (Å²) >= 11 is 6.11. The molecule has 1 aromatic carbocycles. The lowest BCUT2D eigenvalue weighted by atomic mass is 9.99. The lowest BCUT2D eigenvalue weighted by molar-refractivity contribution is 0.0608. The Morgan fingerprint density at radius 3 is 2.94 bits per heavy atom. The van der Waals surface area contributed by atoms with Crippen LogP contribution in [0.25, 0.3) is 0 Å². The van der Waals surface area contributed by atoms with Crippen molar-refractivity contribution in [1.29, 1.82) is 0 Å². The highest BCUT2D eigenvalue weighted by Gasteiger charge is 2.27. The van der Waals surface area contributed by atoms with Crippen LogP contribution in [-0.4, -0.2) is 23.4 Å². The number of hydrogen-bond donors (Lipinski definition) is 1. The monoisotopic (exact) mass is 266 g/mol. The summed E-state index contributed by atoms with van der Waals surface area (Å²) in [6.07, 6.45) is 4.37. The molecule has 1 amide bonds. The quantitative estimate of drug-likeness (QED) is 0.835. The van der Waals surface area contributed by atoms with Gasteiger partial charge in [0.25, 0.3) is 5.91 Å². The first-order chi connectivity index (χ1) is 8.63. The van der Waals surface area contributed by atoms with E-state index < -0.39 is 0 Å². The highest BCUT2D eigenvalue weighted by Crippen LogP contribution is 2.25. The largest absolute Gasteiger partial charge is 0.399 e. The number of carbonyl (C=O) groups excluding carboxylic acids is 1. The Morgan fingerprint density at radius 1 is 1.50 bits per heavy atom. The fourth-order valence-corrected chi connectivity index (χ4v) is 2.82. The second-order valence-electron chi connectivity index (χ2n) is 4.80. The van der Waals surface area contributed by atoms with E-state index in [1.165, 1.54) is 6.42 Å². The number of halogens is 1. The van der Waals surface area contributed by atoms with Gasteiger partial charge in [-0.05, 0) is 43.9 Å². The number of likely N-dealkylation sites (tertiary alicyclic amines) is 1. The zero-order valence-corrected chi connectivity index (χ0v) is 11.4. The molecule has 2 N–H and O–H groups in total. The first-order valence-electron chi connectivity index (χ1n) is 6.49. The number of benzene rings is 1. The van der Waals surface area contributed by atoms with Gasteiger partial charge in [-0.2, -0.15) is 0 Å². The third-order valence-electron chi connectivity index (χ3n) is 3.58. The van der Waals surface area contributed by atoms with E-state index in [-0.39, 0.29) is 5.91 Å². The van der Waals surface area contributed by atoms with Gasteiger partial charge in [0.05, 0.1) is 10.6 Å².